The maximum Gasteiger partial charge on any atom is 0.343 e. The molecule has 7 heteroatoms. The normalized spacial score (nSPS) is 11.2. The van der Waals surface area contributed by atoms with E-state index in [9.17, 15) is 9.59 Å². The lowest BCUT2D eigenvalue weighted by Gasteiger charge is -2.22. The van der Waals surface area contributed by atoms with Gasteiger partial charge >= 0.3 is 11.9 Å². The van der Waals surface area contributed by atoms with Crippen molar-refractivity contribution in [2.24, 2.45) is 0 Å². The molecule has 1 heterocycles. The Morgan fingerprint density at radius 2 is 1.87 bits per heavy atom. The molecular formula is C23H30N2O4S. The van der Waals surface area contributed by atoms with Gasteiger partial charge in [-0.2, -0.15) is 5.10 Å². The van der Waals surface area contributed by atoms with E-state index in [1.54, 1.807) is 42.1 Å². The fraction of sp³-hybridized carbons (Fsp3) is 0.435. The van der Waals surface area contributed by atoms with Crippen molar-refractivity contribution in [3.8, 4) is 0 Å². The predicted molar refractivity (Wildman–Crippen MR) is 119 cm³/mol. The van der Waals surface area contributed by atoms with Crippen molar-refractivity contribution in [2.45, 2.75) is 57.7 Å². The Kier molecular flexibility index (Phi) is 8.29. The van der Waals surface area contributed by atoms with Gasteiger partial charge in [-0.05, 0) is 50.6 Å². The topological polar surface area (TPSA) is 70.4 Å². The average Bonchev–Trinajstić information content (AvgIpc) is 3.09. The molecule has 0 unspecified atom stereocenters. The number of hydrogen-bond acceptors (Lipinski definition) is 6. The van der Waals surface area contributed by atoms with Gasteiger partial charge < -0.3 is 9.47 Å². The molecule has 0 saturated carbocycles. The van der Waals surface area contributed by atoms with Gasteiger partial charge in [-0.1, -0.05) is 25.1 Å². The van der Waals surface area contributed by atoms with E-state index in [1.807, 2.05) is 4.68 Å². The largest absolute Gasteiger partial charge is 0.465 e. The third-order valence-electron chi connectivity index (χ3n) is 4.28. The van der Waals surface area contributed by atoms with Crippen molar-refractivity contribution in [3.05, 3.63) is 59.3 Å². The first-order valence-electron chi connectivity index (χ1n) is 9.93. The molecule has 0 aliphatic carbocycles. The highest BCUT2D eigenvalue weighted by Crippen LogP contribution is 2.32. The molecule has 0 N–H and O–H groups in total. The van der Waals surface area contributed by atoms with Crippen molar-refractivity contribution < 1.29 is 19.1 Å². The number of allylic oxidation sites excluding steroid dienone is 1. The molecule has 1 aromatic heterocycles. The summed E-state index contributed by atoms with van der Waals surface area (Å²) < 4.78 is 12.2. The molecule has 0 radical (unpaired) electrons. The second kappa shape index (κ2) is 10.5. The Hall–Kier alpha value is -2.54. The lowest BCUT2D eigenvalue weighted by atomic mass is 10.1. The molecule has 30 heavy (non-hydrogen) atoms. The van der Waals surface area contributed by atoms with Crippen molar-refractivity contribution in [1.82, 2.24) is 9.78 Å². The van der Waals surface area contributed by atoms with E-state index in [-0.39, 0.29) is 12.1 Å². The van der Waals surface area contributed by atoms with Gasteiger partial charge in [0.1, 0.15) is 17.2 Å². The number of rotatable bonds is 9. The quantitative estimate of drug-likeness (QED) is 0.316. The third-order valence-corrected chi connectivity index (χ3v) is 5.54. The summed E-state index contributed by atoms with van der Waals surface area (Å²) in [6.07, 6.45) is 3.21. The zero-order chi connectivity index (χ0) is 22.3. The van der Waals surface area contributed by atoms with Crippen LogP contribution >= 0.6 is 11.8 Å². The Morgan fingerprint density at radius 1 is 1.20 bits per heavy atom. The Labute approximate surface area is 182 Å². The standard InChI is InChI=1S/C23H30N2O4S/c1-7-9-18-19(20(30-14-8-2)25(24-18)23(3,4)5)22(27)29-15-16-10-12-17(13-11-16)21(26)28-6/h7,10-13H,1,8-9,14-15H2,2-6H3. The predicted octanol–water partition coefficient (Wildman–Crippen LogP) is 5.01. The van der Waals surface area contributed by atoms with E-state index in [4.69, 9.17) is 14.6 Å². The van der Waals surface area contributed by atoms with Crippen LogP contribution in [0.25, 0.3) is 0 Å². The summed E-state index contributed by atoms with van der Waals surface area (Å²) in [4.78, 5) is 24.6. The van der Waals surface area contributed by atoms with Crippen LogP contribution in [0.15, 0.2) is 41.9 Å². The van der Waals surface area contributed by atoms with Crippen molar-refractivity contribution in [1.29, 1.82) is 0 Å². The fourth-order valence-corrected chi connectivity index (χ4v) is 3.97. The van der Waals surface area contributed by atoms with Gasteiger partial charge in [-0.3, -0.25) is 4.68 Å². The van der Waals surface area contributed by atoms with Crippen LogP contribution in [0.4, 0.5) is 0 Å². The van der Waals surface area contributed by atoms with Gasteiger partial charge in [0.25, 0.3) is 0 Å². The molecule has 0 saturated heterocycles. The van der Waals surface area contributed by atoms with E-state index in [1.165, 1.54) is 7.11 Å². The zero-order valence-electron chi connectivity index (χ0n) is 18.4. The molecule has 2 rings (SSSR count). The van der Waals surface area contributed by atoms with Crippen LogP contribution in [0.2, 0.25) is 0 Å². The smallest absolute Gasteiger partial charge is 0.343 e. The van der Waals surface area contributed by atoms with Gasteiger partial charge in [0.15, 0.2) is 0 Å². The van der Waals surface area contributed by atoms with Crippen LogP contribution in [0.5, 0.6) is 0 Å². The number of nitrogens with zero attached hydrogens (tertiary/aromatic N) is 2. The van der Waals surface area contributed by atoms with Crippen LogP contribution in [0.3, 0.4) is 0 Å². The second-order valence-electron chi connectivity index (χ2n) is 7.82. The van der Waals surface area contributed by atoms with Crippen molar-refractivity contribution >= 4 is 23.7 Å². The minimum atomic E-state index is -0.405. The van der Waals surface area contributed by atoms with Gasteiger partial charge in [0, 0.05) is 6.42 Å². The first-order valence-corrected chi connectivity index (χ1v) is 10.9. The number of ether oxygens (including phenoxy) is 2. The number of benzene rings is 1. The molecule has 2 aromatic rings. The van der Waals surface area contributed by atoms with Crippen LogP contribution in [0.1, 0.15) is 66.1 Å². The minimum absolute atomic E-state index is 0.104. The van der Waals surface area contributed by atoms with Crippen LogP contribution in [-0.2, 0) is 28.0 Å². The van der Waals surface area contributed by atoms with Crippen LogP contribution in [-0.4, -0.2) is 34.6 Å². The molecule has 0 fully saturated rings. The highest BCUT2D eigenvalue weighted by atomic mass is 32.2. The lowest BCUT2D eigenvalue weighted by Crippen LogP contribution is -2.24. The summed E-state index contributed by atoms with van der Waals surface area (Å²) >= 11 is 1.62. The van der Waals surface area contributed by atoms with E-state index in [0.717, 1.165) is 22.8 Å². The van der Waals surface area contributed by atoms with Gasteiger partial charge in [-0.25, -0.2) is 9.59 Å². The Balaban J connectivity index is 2.29. The molecule has 1 aromatic carbocycles. The monoisotopic (exact) mass is 430 g/mol. The number of carbonyl (C=O) groups excluding carboxylic acids is 2. The third kappa shape index (κ3) is 5.75. The molecule has 6 nitrogen and oxygen atoms in total. The first-order chi connectivity index (χ1) is 14.2. The van der Waals surface area contributed by atoms with Crippen molar-refractivity contribution in [2.75, 3.05) is 12.9 Å². The molecule has 0 bridgehead atoms. The van der Waals surface area contributed by atoms with E-state index < -0.39 is 11.9 Å². The minimum Gasteiger partial charge on any atom is -0.465 e. The van der Waals surface area contributed by atoms with E-state index in [2.05, 4.69) is 34.3 Å². The maximum atomic E-state index is 13.1. The lowest BCUT2D eigenvalue weighted by molar-refractivity contribution is 0.0465. The summed E-state index contributed by atoms with van der Waals surface area (Å²) in [6.45, 7) is 12.2. The summed E-state index contributed by atoms with van der Waals surface area (Å²) in [5, 5.41) is 5.54. The average molecular weight is 431 g/mol. The van der Waals surface area contributed by atoms with Crippen LogP contribution < -0.4 is 0 Å². The fourth-order valence-electron chi connectivity index (χ4n) is 2.79. The maximum absolute atomic E-state index is 13.1. The molecule has 0 spiro atoms. The molecule has 0 atom stereocenters. The number of aromatic nitrogens is 2. The number of carbonyl (C=O) groups is 2. The zero-order valence-corrected chi connectivity index (χ0v) is 19.2. The van der Waals surface area contributed by atoms with E-state index in [0.29, 0.717) is 23.2 Å². The SMILES string of the molecule is C=CCc1nn(C(C)(C)C)c(SCCC)c1C(=O)OCc1ccc(C(=O)OC)cc1. The summed E-state index contributed by atoms with van der Waals surface area (Å²) in [5.74, 6) is 0.0719. The molecule has 162 valence electrons. The molecule has 0 aliphatic heterocycles. The van der Waals surface area contributed by atoms with Gasteiger partial charge in [0.2, 0.25) is 0 Å². The summed E-state index contributed by atoms with van der Waals surface area (Å²) in [7, 11) is 1.34. The number of thioether (sulfide) groups is 1. The van der Waals surface area contributed by atoms with Gasteiger partial charge in [-0.15, -0.1) is 18.3 Å². The molecule has 0 amide bonds. The van der Waals surface area contributed by atoms with Crippen molar-refractivity contribution in [3.63, 3.8) is 0 Å². The highest BCUT2D eigenvalue weighted by molar-refractivity contribution is 7.99. The second-order valence-corrected chi connectivity index (χ2v) is 8.90. The first kappa shape index (κ1) is 23.7. The Bertz CT molecular complexity index is 895. The molecular weight excluding hydrogens is 400 g/mol. The van der Waals surface area contributed by atoms with E-state index >= 15 is 0 Å². The molecule has 0 aliphatic rings. The highest BCUT2D eigenvalue weighted by Gasteiger charge is 2.29. The number of hydrogen-bond donors (Lipinski definition) is 0. The van der Waals surface area contributed by atoms with Crippen LogP contribution in [0, 0.1) is 0 Å². The summed E-state index contributed by atoms with van der Waals surface area (Å²) in [6, 6.07) is 6.79. The van der Waals surface area contributed by atoms with Gasteiger partial charge in [0.05, 0.1) is 23.9 Å². The Morgan fingerprint density at radius 3 is 2.40 bits per heavy atom. The summed E-state index contributed by atoms with van der Waals surface area (Å²) in [5.41, 5.74) is 2.14. The number of methoxy groups -OCH3 is 1. The number of esters is 2.